The molecule has 0 spiro atoms. The van der Waals surface area contributed by atoms with Crippen molar-refractivity contribution in [3.8, 4) is 28.3 Å². The molecule has 0 atom stereocenters. The minimum absolute atomic E-state index is 0.0747. The summed E-state index contributed by atoms with van der Waals surface area (Å²) in [7, 11) is 0. The zero-order valence-corrected chi connectivity index (χ0v) is 63.3. The number of hydrogen-bond acceptors (Lipinski definition) is 13. The highest BCUT2D eigenvalue weighted by Crippen LogP contribution is 2.47. The summed E-state index contributed by atoms with van der Waals surface area (Å²) in [6.07, 6.45) is 21.1. The number of ether oxygens (including phenoxy) is 1. The van der Waals surface area contributed by atoms with Gasteiger partial charge in [0.1, 0.15) is 15.4 Å². The van der Waals surface area contributed by atoms with Crippen molar-refractivity contribution in [3.05, 3.63) is 126 Å². The van der Waals surface area contributed by atoms with E-state index in [0.29, 0.717) is 47.8 Å². The van der Waals surface area contributed by atoms with Crippen molar-refractivity contribution in [3.63, 3.8) is 0 Å². The van der Waals surface area contributed by atoms with Gasteiger partial charge in [0, 0.05) is 101 Å². The third-order valence-electron chi connectivity index (χ3n) is 23.1. The molecule has 4 aromatic heterocycles. The third-order valence-corrected chi connectivity index (χ3v) is 26.0. The number of nitro benzene ring substituents is 1. The summed E-state index contributed by atoms with van der Waals surface area (Å²) in [5.74, 6) is 2.05. The Morgan fingerprint density at radius 2 is 0.990 bits per heavy atom. The number of nitrogens with two attached hydrogens (primary N) is 1. The van der Waals surface area contributed by atoms with Crippen LogP contribution in [0.3, 0.4) is 0 Å². The highest BCUT2D eigenvalue weighted by molar-refractivity contribution is 7.19. The number of nitrogens with zero attached hydrogens (tertiary/aromatic N) is 6. The molecule has 18 nitrogen and oxygen atoms in total. The van der Waals surface area contributed by atoms with E-state index in [1.807, 2.05) is 4.90 Å². The van der Waals surface area contributed by atoms with Gasteiger partial charge in [-0.2, -0.15) is 0 Å². The van der Waals surface area contributed by atoms with Crippen LogP contribution >= 0.6 is 34.3 Å². The van der Waals surface area contributed by atoms with Crippen LogP contribution in [0.1, 0.15) is 174 Å². The lowest BCUT2D eigenvalue weighted by Gasteiger charge is -2.32. The van der Waals surface area contributed by atoms with Crippen LogP contribution in [-0.4, -0.2) is 165 Å². The number of non-ortho nitro benzene ring substituents is 1. The van der Waals surface area contributed by atoms with Crippen LogP contribution in [0.2, 0.25) is 0 Å². The van der Waals surface area contributed by atoms with Crippen LogP contribution in [0.5, 0.6) is 5.75 Å². The van der Waals surface area contributed by atoms with E-state index in [1.165, 1.54) is 200 Å². The average Bonchev–Trinajstić information content (AvgIpc) is 1.60. The van der Waals surface area contributed by atoms with Crippen molar-refractivity contribution in [1.29, 1.82) is 0 Å². The van der Waals surface area contributed by atoms with Gasteiger partial charge in [0.05, 0.1) is 27.1 Å². The number of likely N-dealkylation sites (tertiary alicyclic amines) is 3. The first-order chi connectivity index (χ1) is 48.5. The minimum Gasteiger partial charge on any atom is -0.414 e. The quantitative estimate of drug-likeness (QED) is 0.0328. The lowest BCUT2D eigenvalue weighted by atomic mass is 9.88. The number of aryl methyl sites for hydroxylation is 4. The second-order valence-corrected chi connectivity index (χ2v) is 33.7. The molecule has 4 bridgehead atoms. The number of benzene rings is 3. The standard InChI is InChI=1S/C37H51N5O2S.C32H44N4OS.C7H4ClNO4.C4H9N/c1-24-19-25(2)21-27(20-24)33-30(13-18-40-16-11-26(12-17-40)23-38-36(44)41-14-5-6-15-41)31-22-32(45-34(31)39-33)37(3,4)35(43)42-28-7-8-29(42)10-9-28;1-20-15-21(2)17-23(16-20)29-26(11-14-35-12-9-22(19-33)10-13-35)27-18-28(38-30(27)34-29)32(3,4)31(37)36-24-5-6-25(36)8-7-24;8-7(10)13-6-3-1-5(2-4-6)9(11)12;1-2-4-5-3-1/h19-22,26,28-29,39H,5-18,23H2,1-4H3,(H,38,44);15-18,22,24-25,34H,5-14,19,33H2,1-4H3;1-4H;5H,1-4H2. The maximum atomic E-state index is 14.0. The maximum Gasteiger partial charge on any atom is 0.409 e. The number of hydrogen-bond donors (Lipinski definition) is 5. The number of urea groups is 1. The number of nitro groups is 1. The molecule has 0 unspecified atom stereocenters. The fourth-order valence-corrected chi connectivity index (χ4v) is 19.7. The molecular weight excluding hydrogens is 1330 g/mol. The Hall–Kier alpha value is -6.65. The van der Waals surface area contributed by atoms with Gasteiger partial charge >= 0.3 is 11.5 Å². The lowest BCUT2D eigenvalue weighted by Crippen LogP contribution is -2.45. The van der Waals surface area contributed by atoms with Gasteiger partial charge in [-0.15, -0.1) is 22.7 Å². The predicted octanol–water partition coefficient (Wildman–Crippen LogP) is 15.9. The zero-order chi connectivity index (χ0) is 71.3. The number of aromatic amines is 2. The third kappa shape index (κ3) is 17.3. The summed E-state index contributed by atoms with van der Waals surface area (Å²) in [6, 6.07) is 25.3. The molecule has 8 saturated heterocycles. The molecule has 12 heterocycles. The van der Waals surface area contributed by atoms with Crippen LogP contribution in [-0.2, 0) is 33.3 Å². The number of H-pyrrole nitrogens is 2. The maximum absolute atomic E-state index is 14.0. The van der Waals surface area contributed by atoms with E-state index in [-0.39, 0.29) is 17.5 Å². The predicted molar refractivity (Wildman–Crippen MR) is 410 cm³/mol. The van der Waals surface area contributed by atoms with Crippen LogP contribution in [0.4, 0.5) is 15.3 Å². The van der Waals surface area contributed by atoms with E-state index in [4.69, 9.17) is 17.3 Å². The van der Waals surface area contributed by atoms with Gasteiger partial charge in [-0.1, -0.05) is 34.4 Å². The van der Waals surface area contributed by atoms with E-state index < -0.39 is 21.2 Å². The number of carbonyl (C=O) groups excluding carboxylic acids is 4. The van der Waals surface area contributed by atoms with Gasteiger partial charge in [0.25, 0.3) is 5.69 Å². The molecule has 4 amide bonds. The molecule has 101 heavy (non-hydrogen) atoms. The summed E-state index contributed by atoms with van der Waals surface area (Å²) < 4.78 is 4.45. The number of piperidine rings is 2. The number of halogens is 1. The number of amides is 4. The van der Waals surface area contributed by atoms with Gasteiger partial charge in [0.15, 0.2) is 0 Å². The SMILES string of the molecule is C1CCNC1.Cc1cc(C)cc(-c2[nH]c3sc(C(C)(C)C(=O)N4C5CCC4CC5)cc3c2CCN2CCC(CN)CC2)c1.Cc1cc(C)cc(-c2[nH]c3sc(C(C)(C)C(=O)N4C5CCC4CC5)cc3c2CCN2CCC(CNC(=O)N3CCCC3)CC2)c1.O=C(Cl)Oc1ccc([N+](=O)[O-])cc1. The van der Waals surface area contributed by atoms with Gasteiger partial charge in [-0.05, 0) is 299 Å². The average molecular weight is 1440 g/mol. The van der Waals surface area contributed by atoms with Gasteiger partial charge in [-0.3, -0.25) is 19.7 Å². The Labute approximate surface area is 610 Å². The van der Waals surface area contributed by atoms with Crippen molar-refractivity contribution in [1.82, 2.24) is 45.1 Å². The molecule has 544 valence electrons. The van der Waals surface area contributed by atoms with Crippen LogP contribution < -0.4 is 21.1 Å². The van der Waals surface area contributed by atoms with E-state index in [1.54, 1.807) is 22.7 Å². The molecule has 0 saturated carbocycles. The summed E-state index contributed by atoms with van der Waals surface area (Å²) in [5.41, 5.74) is 16.8. The zero-order valence-electron chi connectivity index (χ0n) is 60.9. The van der Waals surface area contributed by atoms with E-state index in [2.05, 4.69) is 149 Å². The summed E-state index contributed by atoms with van der Waals surface area (Å²) in [6.45, 7) is 29.7. The molecule has 0 radical (unpaired) electrons. The van der Waals surface area contributed by atoms with Crippen molar-refractivity contribution < 1.29 is 28.8 Å². The Kier molecular flexibility index (Phi) is 23.9. The second kappa shape index (κ2) is 32.6. The summed E-state index contributed by atoms with van der Waals surface area (Å²) in [4.78, 5) is 84.3. The Bertz CT molecular complexity index is 3970. The van der Waals surface area contributed by atoms with Crippen molar-refractivity contribution >= 4 is 83.7 Å². The van der Waals surface area contributed by atoms with E-state index in [0.717, 1.165) is 104 Å². The van der Waals surface area contributed by atoms with Gasteiger partial charge in [-0.25, -0.2) is 9.59 Å². The summed E-state index contributed by atoms with van der Waals surface area (Å²) in [5, 5.41) is 19.2. The first kappa shape index (κ1) is 74.1. The number of nitrogens with one attached hydrogen (secondary N) is 4. The Balaban J connectivity index is 0.000000154. The number of aromatic nitrogens is 2. The molecule has 7 aromatic rings. The van der Waals surface area contributed by atoms with Crippen molar-refractivity contribution in [2.24, 2.45) is 17.6 Å². The van der Waals surface area contributed by atoms with Crippen LogP contribution in [0.25, 0.3) is 42.9 Å². The second-order valence-electron chi connectivity index (χ2n) is 31.3. The molecule has 8 fully saturated rings. The fourth-order valence-electron chi connectivity index (χ4n) is 17.3. The molecule has 0 aliphatic carbocycles. The minimum atomic E-state index is -0.978. The molecule has 8 aliphatic rings. The molecule has 6 N–H and O–H groups in total. The molecule has 3 aromatic carbocycles. The van der Waals surface area contributed by atoms with Gasteiger partial charge < -0.3 is 55.6 Å². The number of fused-ring (bicyclic) bond motifs is 6. The number of rotatable bonds is 17. The van der Waals surface area contributed by atoms with Crippen LogP contribution in [0, 0.1) is 49.6 Å². The van der Waals surface area contributed by atoms with Crippen LogP contribution in [0.15, 0.2) is 72.8 Å². The normalized spacial score (nSPS) is 21.0. The lowest BCUT2D eigenvalue weighted by molar-refractivity contribution is -0.384. The van der Waals surface area contributed by atoms with Gasteiger partial charge in [0.2, 0.25) is 11.8 Å². The topological polar surface area (TPSA) is 219 Å². The Morgan fingerprint density at radius 3 is 1.36 bits per heavy atom. The number of carbonyl (C=O) groups is 4. The first-order valence-corrected chi connectivity index (χ1v) is 39.6. The molecule has 21 heteroatoms. The highest BCUT2D eigenvalue weighted by Gasteiger charge is 2.49. The van der Waals surface area contributed by atoms with Crippen molar-refractivity contribution in [2.75, 3.05) is 78.5 Å². The molecule has 8 aliphatic heterocycles. The van der Waals surface area contributed by atoms with E-state index in [9.17, 15) is 29.3 Å². The Morgan fingerprint density at radius 1 is 0.584 bits per heavy atom. The fraction of sp³-hybridized carbons (Fsp3) is 0.575. The largest absolute Gasteiger partial charge is 0.414 e. The summed E-state index contributed by atoms with van der Waals surface area (Å²) >= 11 is 8.48. The molecular formula is C80H108ClN11O7S2. The highest BCUT2D eigenvalue weighted by atomic mass is 35.5. The number of thiophene rings is 2. The molecule has 15 rings (SSSR count). The first-order valence-electron chi connectivity index (χ1n) is 37.6. The smallest absolute Gasteiger partial charge is 0.409 e. The monoisotopic (exact) mass is 1430 g/mol. The van der Waals surface area contributed by atoms with E-state index >= 15 is 0 Å². The van der Waals surface area contributed by atoms with Crippen molar-refractivity contribution in [2.45, 2.75) is 206 Å².